The lowest BCUT2D eigenvalue weighted by Gasteiger charge is -2.45. The van der Waals surface area contributed by atoms with Crippen LogP contribution in [0, 0.1) is 0 Å². The fourth-order valence-electron chi connectivity index (χ4n) is 5.19. The van der Waals surface area contributed by atoms with Gasteiger partial charge in [-0.1, -0.05) is 78.9 Å². The fraction of sp³-hybridized carbons (Fsp3) is 0.179. The minimum Gasteiger partial charge on any atom is -0.356 e. The molecule has 0 radical (unpaired) electrons. The van der Waals surface area contributed by atoms with Crippen molar-refractivity contribution in [3.8, 4) is 0 Å². The molecule has 2 atom stereocenters. The average Bonchev–Trinajstić information content (AvgIpc) is 3.25. The number of rotatable bonds is 4. The number of piperazine rings is 1. The third kappa shape index (κ3) is 3.39. The number of carbonyl (C=O) groups is 2. The fourth-order valence-corrected chi connectivity index (χ4v) is 5.19. The number of para-hydroxylation sites is 1. The van der Waals surface area contributed by atoms with Gasteiger partial charge in [-0.15, -0.1) is 0 Å². The lowest BCUT2D eigenvalue weighted by atomic mass is 9.86. The quantitative estimate of drug-likeness (QED) is 0.478. The second kappa shape index (κ2) is 8.30. The van der Waals surface area contributed by atoms with Crippen LogP contribution in [-0.4, -0.2) is 45.5 Å². The van der Waals surface area contributed by atoms with Crippen LogP contribution in [0.1, 0.15) is 28.4 Å². The van der Waals surface area contributed by atoms with Crippen LogP contribution in [0.2, 0.25) is 0 Å². The maximum atomic E-state index is 13.6. The number of nitrogens with one attached hydrogen (secondary N) is 1. The summed E-state index contributed by atoms with van der Waals surface area (Å²) in [6, 6.07) is 27.1. The molecule has 6 nitrogen and oxygen atoms in total. The highest BCUT2D eigenvalue weighted by molar-refractivity contribution is 5.97. The molecular formula is C28H24N4O2. The molecule has 0 spiro atoms. The van der Waals surface area contributed by atoms with E-state index in [0.29, 0.717) is 12.8 Å². The summed E-state index contributed by atoms with van der Waals surface area (Å²) in [5, 5.41) is 6.85. The van der Waals surface area contributed by atoms with Gasteiger partial charge in [-0.2, -0.15) is 5.10 Å². The van der Waals surface area contributed by atoms with Crippen molar-refractivity contribution >= 4 is 28.9 Å². The Bertz CT molecular complexity index is 1390. The van der Waals surface area contributed by atoms with Gasteiger partial charge in [0.1, 0.15) is 12.6 Å². The molecule has 6 heteroatoms. The number of aromatic amines is 1. The van der Waals surface area contributed by atoms with Gasteiger partial charge in [0.2, 0.25) is 5.91 Å². The zero-order chi connectivity index (χ0) is 23.1. The van der Waals surface area contributed by atoms with Crippen LogP contribution in [0.5, 0.6) is 0 Å². The van der Waals surface area contributed by atoms with E-state index >= 15 is 0 Å². The molecule has 2 aliphatic rings. The van der Waals surface area contributed by atoms with E-state index in [0.717, 1.165) is 33.3 Å². The second-order valence-electron chi connectivity index (χ2n) is 8.78. The summed E-state index contributed by atoms with van der Waals surface area (Å²) in [6.45, 7) is -0.0560. The number of aromatic nitrogens is 1. The largest absolute Gasteiger partial charge is 0.356 e. The topological polar surface area (TPSA) is 68.8 Å². The number of nitrogens with zero attached hydrogens (tertiary/aromatic N) is 3. The summed E-state index contributed by atoms with van der Waals surface area (Å²) in [4.78, 5) is 32.4. The first-order valence-corrected chi connectivity index (χ1v) is 11.5. The molecule has 0 aliphatic carbocycles. The molecule has 1 aromatic heterocycles. The van der Waals surface area contributed by atoms with E-state index in [1.807, 2.05) is 78.9 Å². The third-order valence-corrected chi connectivity index (χ3v) is 6.75. The molecule has 1 N–H and O–H groups in total. The molecule has 1 saturated heterocycles. The molecule has 4 aromatic rings. The van der Waals surface area contributed by atoms with Gasteiger partial charge in [-0.25, -0.2) is 5.01 Å². The van der Waals surface area contributed by atoms with Crippen molar-refractivity contribution in [1.29, 1.82) is 0 Å². The molecule has 3 heterocycles. The van der Waals surface area contributed by atoms with Gasteiger partial charge >= 0.3 is 0 Å². The highest BCUT2D eigenvalue weighted by Crippen LogP contribution is 2.42. The minimum atomic E-state index is -0.591. The Morgan fingerprint density at radius 2 is 1.62 bits per heavy atom. The third-order valence-electron chi connectivity index (χ3n) is 6.75. The number of fused-ring (bicyclic) bond motifs is 4. The smallest absolute Gasteiger partial charge is 0.266 e. The number of hydrogen-bond acceptors (Lipinski definition) is 3. The van der Waals surface area contributed by atoms with Crippen LogP contribution in [0.15, 0.2) is 90.0 Å². The molecule has 6 rings (SSSR count). The van der Waals surface area contributed by atoms with Gasteiger partial charge in [0.15, 0.2) is 0 Å². The Morgan fingerprint density at radius 1 is 0.912 bits per heavy atom. The van der Waals surface area contributed by atoms with Crippen LogP contribution in [0.4, 0.5) is 0 Å². The summed E-state index contributed by atoms with van der Waals surface area (Å²) in [5.41, 5.74) is 5.20. The predicted octanol–water partition coefficient (Wildman–Crippen LogP) is 4.08. The van der Waals surface area contributed by atoms with Gasteiger partial charge in [0, 0.05) is 35.7 Å². The summed E-state index contributed by atoms with van der Waals surface area (Å²) < 4.78 is 0. The molecule has 2 amide bonds. The lowest BCUT2D eigenvalue weighted by molar-refractivity contribution is -0.158. The summed E-state index contributed by atoms with van der Waals surface area (Å²) in [7, 11) is 0. The molecule has 1 unspecified atom stereocenters. The molecule has 0 bridgehead atoms. The van der Waals surface area contributed by atoms with Crippen LogP contribution in [0.25, 0.3) is 10.9 Å². The van der Waals surface area contributed by atoms with E-state index in [2.05, 4.69) is 16.2 Å². The highest BCUT2D eigenvalue weighted by atomic mass is 16.2. The monoisotopic (exact) mass is 448 g/mol. The van der Waals surface area contributed by atoms with Gasteiger partial charge < -0.3 is 9.88 Å². The van der Waals surface area contributed by atoms with Crippen LogP contribution in [0.3, 0.4) is 0 Å². The summed E-state index contributed by atoms with van der Waals surface area (Å²) in [6.07, 6.45) is 2.79. The van der Waals surface area contributed by atoms with Crippen molar-refractivity contribution in [2.45, 2.75) is 24.9 Å². The van der Waals surface area contributed by atoms with Crippen LogP contribution >= 0.6 is 0 Å². The number of benzene rings is 3. The van der Waals surface area contributed by atoms with Crippen molar-refractivity contribution in [3.63, 3.8) is 0 Å². The van der Waals surface area contributed by atoms with E-state index < -0.39 is 6.04 Å². The molecule has 2 aliphatic heterocycles. The Morgan fingerprint density at radius 3 is 2.41 bits per heavy atom. The first-order chi connectivity index (χ1) is 16.7. The van der Waals surface area contributed by atoms with E-state index in [1.54, 1.807) is 11.1 Å². The first-order valence-electron chi connectivity index (χ1n) is 11.5. The summed E-state index contributed by atoms with van der Waals surface area (Å²) in [5.74, 6) is -0.236. The van der Waals surface area contributed by atoms with Crippen molar-refractivity contribution in [2.75, 3.05) is 6.54 Å². The van der Waals surface area contributed by atoms with E-state index in [4.69, 9.17) is 0 Å². The zero-order valence-electron chi connectivity index (χ0n) is 18.6. The maximum Gasteiger partial charge on any atom is 0.266 e. The van der Waals surface area contributed by atoms with Gasteiger partial charge in [-0.05, 0) is 22.8 Å². The number of amides is 2. The number of hydrogen-bond donors (Lipinski definition) is 1. The van der Waals surface area contributed by atoms with Crippen LogP contribution < -0.4 is 0 Å². The average molecular weight is 449 g/mol. The highest BCUT2D eigenvalue weighted by Gasteiger charge is 2.48. The normalized spacial score (nSPS) is 20.1. The molecule has 168 valence electrons. The van der Waals surface area contributed by atoms with E-state index in [1.165, 1.54) is 5.01 Å². The van der Waals surface area contributed by atoms with Crippen molar-refractivity contribution in [1.82, 2.24) is 14.9 Å². The molecule has 0 saturated carbocycles. The second-order valence-corrected chi connectivity index (χ2v) is 8.78. The van der Waals surface area contributed by atoms with E-state index in [9.17, 15) is 9.59 Å². The van der Waals surface area contributed by atoms with Gasteiger partial charge in [0.25, 0.3) is 5.91 Å². The Labute approximate surface area is 197 Å². The van der Waals surface area contributed by atoms with Gasteiger partial charge in [0.05, 0.1) is 6.04 Å². The van der Waals surface area contributed by atoms with Crippen molar-refractivity contribution < 1.29 is 9.59 Å². The molecule has 1 fully saturated rings. The SMILES string of the molecule is O=C1[C@@H]2Cc3c([nH]c4ccccc34)C(c3ccccc3)N2C(=O)CN1/N=C/Cc1ccccc1. The Hall–Kier alpha value is -4.19. The lowest BCUT2D eigenvalue weighted by Crippen LogP contribution is -2.61. The first kappa shape index (κ1) is 20.4. The molecule has 34 heavy (non-hydrogen) atoms. The maximum absolute atomic E-state index is 13.6. The van der Waals surface area contributed by atoms with Crippen molar-refractivity contribution in [2.24, 2.45) is 5.10 Å². The van der Waals surface area contributed by atoms with E-state index in [-0.39, 0.29) is 24.4 Å². The standard InChI is InChI=1S/C28H24N4O2/c33-25-18-31(29-16-15-19-9-3-1-4-10-19)28(34)24-17-22-21-13-7-8-14-23(21)30-26(22)27(32(24)25)20-11-5-2-6-12-20/h1-14,16,24,27,30H,15,17-18H2/b29-16+/t24-,27?/m0/s1. The summed E-state index contributed by atoms with van der Waals surface area (Å²) >= 11 is 0. The predicted molar refractivity (Wildman–Crippen MR) is 131 cm³/mol. The van der Waals surface area contributed by atoms with Gasteiger partial charge in [-0.3, -0.25) is 9.59 Å². The number of hydrazone groups is 1. The zero-order valence-corrected chi connectivity index (χ0v) is 18.6. The molecular weight excluding hydrogens is 424 g/mol. The number of carbonyl (C=O) groups excluding carboxylic acids is 2. The molecule has 3 aromatic carbocycles. The minimum absolute atomic E-state index is 0.0560. The van der Waals surface area contributed by atoms with Crippen LogP contribution in [-0.2, 0) is 22.4 Å². The van der Waals surface area contributed by atoms with Crippen molar-refractivity contribution in [3.05, 3.63) is 107 Å². The Kier molecular flexibility index (Phi) is 4.99. The number of H-pyrrole nitrogens is 1. The Balaban J connectivity index is 1.38.